The third-order valence-corrected chi connectivity index (χ3v) is 7.93. The molecule has 0 atom stereocenters. The van der Waals surface area contributed by atoms with E-state index in [1.807, 2.05) is 6.08 Å². The summed E-state index contributed by atoms with van der Waals surface area (Å²) in [6.45, 7) is 2.79. The van der Waals surface area contributed by atoms with Crippen molar-refractivity contribution < 1.29 is 17.6 Å². The van der Waals surface area contributed by atoms with Gasteiger partial charge in [0.15, 0.2) is 0 Å². The first-order valence-electron chi connectivity index (χ1n) is 10.7. The average Bonchev–Trinajstić information content (AvgIpc) is 3.37. The van der Waals surface area contributed by atoms with Gasteiger partial charge in [0.1, 0.15) is 22.7 Å². The minimum atomic E-state index is -4.00. The number of amides is 2. The average molecular weight is 473 g/mol. The Bertz CT molecular complexity index is 1420. The van der Waals surface area contributed by atoms with Gasteiger partial charge in [0.25, 0.3) is 0 Å². The van der Waals surface area contributed by atoms with Crippen molar-refractivity contribution in [1.82, 2.24) is 29.5 Å². The number of hydrogen-bond acceptors (Lipinski definition) is 5. The zero-order valence-corrected chi connectivity index (χ0v) is 19.5. The van der Waals surface area contributed by atoms with Crippen molar-refractivity contribution in [2.45, 2.75) is 36.6 Å². The summed E-state index contributed by atoms with van der Waals surface area (Å²) in [5.41, 5.74) is 2.05. The van der Waals surface area contributed by atoms with Crippen LogP contribution in [0.25, 0.3) is 27.5 Å². The van der Waals surface area contributed by atoms with Gasteiger partial charge in [-0.25, -0.2) is 32.3 Å². The fraction of sp³-hybridized carbons (Fsp3) is 0.409. The normalized spacial score (nSPS) is 17.9. The highest BCUT2D eigenvalue weighted by Gasteiger charge is 2.42. The molecule has 2 N–H and O–H groups in total. The summed E-state index contributed by atoms with van der Waals surface area (Å²) in [5.74, 6) is -0.824. The molecule has 1 fully saturated rings. The van der Waals surface area contributed by atoms with Crippen LogP contribution in [-0.2, 0) is 10.0 Å². The Labute approximate surface area is 190 Å². The van der Waals surface area contributed by atoms with E-state index in [4.69, 9.17) is 0 Å². The molecule has 0 bridgehead atoms. The van der Waals surface area contributed by atoms with Crippen LogP contribution in [0.5, 0.6) is 0 Å². The van der Waals surface area contributed by atoms with Crippen molar-refractivity contribution in [3.8, 4) is 0 Å². The molecule has 0 radical (unpaired) electrons. The first kappa shape index (κ1) is 21.8. The Hall–Kier alpha value is -3.05. The van der Waals surface area contributed by atoms with E-state index in [2.05, 4.69) is 19.7 Å². The molecule has 1 aliphatic carbocycles. The molecule has 1 aromatic carbocycles. The Morgan fingerprint density at radius 1 is 1.27 bits per heavy atom. The quantitative estimate of drug-likeness (QED) is 0.607. The summed E-state index contributed by atoms with van der Waals surface area (Å²) in [6, 6.07) is 2.49. The first-order chi connectivity index (χ1) is 15.6. The van der Waals surface area contributed by atoms with Gasteiger partial charge >= 0.3 is 6.03 Å². The number of carbonyl (C=O) groups excluding carboxylic acids is 1. The summed E-state index contributed by atoms with van der Waals surface area (Å²) in [5, 5.41) is 1.15. The largest absolute Gasteiger partial charge is 0.339 e. The topological polar surface area (TPSA) is 111 Å². The molecule has 11 heteroatoms. The Kier molecular flexibility index (Phi) is 4.94. The molecule has 3 heterocycles. The molecule has 0 spiro atoms. The second kappa shape index (κ2) is 7.49. The number of hydrogen-bond donors (Lipinski definition) is 2. The molecule has 1 aliphatic heterocycles. The second-order valence-corrected chi connectivity index (χ2v) is 10.8. The number of H-pyrrole nitrogens is 1. The van der Waals surface area contributed by atoms with Crippen LogP contribution in [0.15, 0.2) is 29.4 Å². The number of nitrogens with zero attached hydrogens (tertiary/aromatic N) is 4. The van der Waals surface area contributed by atoms with E-state index in [0.717, 1.165) is 18.4 Å². The number of aromatic nitrogens is 3. The summed E-state index contributed by atoms with van der Waals surface area (Å²) < 4.78 is 43.2. The smallest absolute Gasteiger partial charge is 0.319 e. The van der Waals surface area contributed by atoms with Gasteiger partial charge in [0, 0.05) is 43.6 Å². The maximum atomic E-state index is 15.1. The number of halogens is 1. The number of rotatable bonds is 4. The predicted octanol–water partition coefficient (Wildman–Crippen LogP) is 2.85. The zero-order valence-electron chi connectivity index (χ0n) is 18.6. The lowest BCUT2D eigenvalue weighted by Gasteiger charge is -2.29. The zero-order chi connectivity index (χ0) is 23.5. The molecule has 1 saturated carbocycles. The highest BCUT2D eigenvalue weighted by molar-refractivity contribution is 7.89. The Morgan fingerprint density at radius 2 is 2.03 bits per heavy atom. The molecular formula is C22H25FN6O3S. The van der Waals surface area contributed by atoms with E-state index in [0.29, 0.717) is 47.1 Å². The third-order valence-electron chi connectivity index (χ3n) is 6.28. The Balaban J connectivity index is 1.57. The van der Waals surface area contributed by atoms with Crippen LogP contribution in [-0.4, -0.2) is 71.9 Å². The number of carbonyl (C=O) groups is 1. The van der Waals surface area contributed by atoms with Crippen LogP contribution >= 0.6 is 0 Å². The molecule has 174 valence electrons. The summed E-state index contributed by atoms with van der Waals surface area (Å²) in [6.07, 6.45) is 5.42. The van der Waals surface area contributed by atoms with E-state index >= 15 is 4.39 Å². The van der Waals surface area contributed by atoms with Crippen molar-refractivity contribution in [3.63, 3.8) is 0 Å². The van der Waals surface area contributed by atoms with Crippen molar-refractivity contribution in [2.24, 2.45) is 0 Å². The van der Waals surface area contributed by atoms with Crippen molar-refractivity contribution in [3.05, 3.63) is 36.0 Å². The fourth-order valence-corrected chi connectivity index (χ4v) is 5.74. The van der Waals surface area contributed by atoms with E-state index in [1.165, 1.54) is 23.4 Å². The van der Waals surface area contributed by atoms with E-state index < -0.39 is 21.4 Å². The van der Waals surface area contributed by atoms with Gasteiger partial charge in [-0.1, -0.05) is 6.08 Å². The summed E-state index contributed by atoms with van der Waals surface area (Å²) in [7, 11) is -0.574. The van der Waals surface area contributed by atoms with Gasteiger partial charge in [-0.15, -0.1) is 0 Å². The van der Waals surface area contributed by atoms with Crippen molar-refractivity contribution >= 4 is 43.6 Å². The Morgan fingerprint density at radius 3 is 2.67 bits per heavy atom. The monoisotopic (exact) mass is 472 g/mol. The number of sulfonamides is 1. The maximum Gasteiger partial charge on any atom is 0.319 e. The minimum Gasteiger partial charge on any atom is -0.339 e. The summed E-state index contributed by atoms with van der Waals surface area (Å²) >= 11 is 0. The highest BCUT2D eigenvalue weighted by Crippen LogP contribution is 2.38. The number of benzene rings is 1. The highest BCUT2D eigenvalue weighted by atomic mass is 32.2. The standard InChI is InChI=1S/C22H25FN6O3S/c1-22(6-7-22)27-33(31,32)17-11-16-14(10-15(17)23)18-19(24-12-25-20(18)26-16)13-4-8-29(9-5-13)21(30)28(2)3/h4,10-12,27H,5-9H2,1-3H3,(H,24,25,26). The van der Waals surface area contributed by atoms with Crippen LogP contribution in [0.4, 0.5) is 9.18 Å². The van der Waals surface area contributed by atoms with Gasteiger partial charge in [0.2, 0.25) is 10.0 Å². The molecule has 2 aliphatic rings. The van der Waals surface area contributed by atoms with E-state index in [1.54, 1.807) is 25.9 Å². The van der Waals surface area contributed by atoms with E-state index in [-0.39, 0.29) is 10.9 Å². The number of aromatic amines is 1. The van der Waals surface area contributed by atoms with Crippen LogP contribution in [0.1, 0.15) is 31.9 Å². The van der Waals surface area contributed by atoms with Crippen LogP contribution < -0.4 is 4.72 Å². The molecule has 33 heavy (non-hydrogen) atoms. The lowest BCUT2D eigenvalue weighted by Crippen LogP contribution is -2.41. The van der Waals surface area contributed by atoms with Gasteiger partial charge in [-0.05, 0) is 43.9 Å². The molecule has 2 aromatic heterocycles. The maximum absolute atomic E-state index is 15.1. The molecule has 9 nitrogen and oxygen atoms in total. The molecule has 0 unspecified atom stereocenters. The fourth-order valence-electron chi connectivity index (χ4n) is 4.19. The van der Waals surface area contributed by atoms with Crippen LogP contribution in [0, 0.1) is 5.82 Å². The van der Waals surface area contributed by atoms with Gasteiger partial charge < -0.3 is 14.8 Å². The van der Waals surface area contributed by atoms with Crippen LogP contribution in [0.3, 0.4) is 0 Å². The first-order valence-corrected chi connectivity index (χ1v) is 12.2. The van der Waals surface area contributed by atoms with Crippen LogP contribution in [0.2, 0.25) is 0 Å². The number of fused-ring (bicyclic) bond motifs is 3. The predicted molar refractivity (Wildman–Crippen MR) is 123 cm³/mol. The molecular weight excluding hydrogens is 447 g/mol. The third kappa shape index (κ3) is 3.84. The van der Waals surface area contributed by atoms with Crippen molar-refractivity contribution in [1.29, 1.82) is 0 Å². The van der Waals surface area contributed by atoms with Gasteiger partial charge in [-0.3, -0.25) is 0 Å². The SMILES string of the molecule is CN(C)C(=O)N1CC=C(c2ncnc3[nH]c4cc(S(=O)(=O)NC5(C)CC5)c(F)cc4c23)CC1. The minimum absolute atomic E-state index is 0.0605. The lowest BCUT2D eigenvalue weighted by atomic mass is 10.0. The van der Waals surface area contributed by atoms with Gasteiger partial charge in [-0.2, -0.15) is 0 Å². The molecule has 2 amide bonds. The molecule has 0 saturated heterocycles. The second-order valence-electron chi connectivity index (χ2n) is 9.17. The van der Waals surface area contributed by atoms with Crippen molar-refractivity contribution in [2.75, 3.05) is 27.2 Å². The van der Waals surface area contributed by atoms with E-state index in [9.17, 15) is 13.2 Å². The molecule has 5 rings (SSSR count). The van der Waals surface area contributed by atoms with Gasteiger partial charge in [0.05, 0.1) is 11.1 Å². The lowest BCUT2D eigenvalue weighted by molar-refractivity contribution is 0.176. The number of nitrogens with one attached hydrogen (secondary N) is 2. The number of urea groups is 1. The molecule has 3 aromatic rings. The summed E-state index contributed by atoms with van der Waals surface area (Å²) in [4.78, 5) is 26.9.